The lowest BCUT2D eigenvalue weighted by atomic mass is 9.88. The molecule has 0 unspecified atom stereocenters. The lowest BCUT2D eigenvalue weighted by Gasteiger charge is -2.29. The van der Waals surface area contributed by atoms with E-state index >= 15 is 0 Å². The van der Waals surface area contributed by atoms with E-state index in [1.807, 2.05) is 19.1 Å². The molecule has 252 valence electrons. The van der Waals surface area contributed by atoms with Crippen molar-refractivity contribution >= 4 is 23.5 Å². The number of carbonyl (C=O) groups excluding carboxylic acids is 3. The highest BCUT2D eigenvalue weighted by atomic mass is 16.5. The van der Waals surface area contributed by atoms with Gasteiger partial charge in [-0.3, -0.25) is 9.59 Å². The Labute approximate surface area is 272 Å². The number of esters is 1. The number of aromatic hydroxyl groups is 2. The average molecular weight is 639 g/mol. The number of nitrogens with one attached hydrogen (secondary N) is 2. The summed E-state index contributed by atoms with van der Waals surface area (Å²) in [4.78, 5) is 38.6. The summed E-state index contributed by atoms with van der Waals surface area (Å²) in [6.45, 7) is 5.22. The summed E-state index contributed by atoms with van der Waals surface area (Å²) < 4.78 is 11.3. The number of hydrogen-bond donors (Lipinski definition) is 5. The van der Waals surface area contributed by atoms with E-state index in [-0.39, 0.29) is 35.4 Å². The number of benzene rings is 1. The number of carbonyl (C=O) groups is 3. The monoisotopic (exact) mass is 638 g/mol. The molecule has 10 nitrogen and oxygen atoms in total. The van der Waals surface area contributed by atoms with Crippen LogP contribution in [-0.4, -0.2) is 64.6 Å². The molecule has 2 bridgehead atoms. The summed E-state index contributed by atoms with van der Waals surface area (Å²) in [5.74, 6) is -1.90. The number of anilines is 1. The third kappa shape index (κ3) is 11.2. The minimum atomic E-state index is -0.940. The summed E-state index contributed by atoms with van der Waals surface area (Å²) >= 11 is 0. The van der Waals surface area contributed by atoms with Gasteiger partial charge in [0.1, 0.15) is 23.6 Å². The van der Waals surface area contributed by atoms with Crippen LogP contribution in [0.25, 0.3) is 0 Å². The number of phenols is 2. The molecule has 5 N–H and O–H groups in total. The van der Waals surface area contributed by atoms with Crippen molar-refractivity contribution in [3.8, 4) is 11.5 Å². The Morgan fingerprint density at radius 2 is 1.78 bits per heavy atom. The zero-order chi connectivity index (χ0) is 33.6. The second kappa shape index (κ2) is 18.3. The van der Waals surface area contributed by atoms with E-state index in [2.05, 4.69) is 10.6 Å². The number of hydrogen-bond acceptors (Lipinski definition) is 8. The van der Waals surface area contributed by atoms with E-state index in [4.69, 9.17) is 9.47 Å². The number of allylic oxidation sites excluding steroid dienone is 5. The van der Waals surface area contributed by atoms with Gasteiger partial charge in [-0.15, -0.1) is 0 Å². The van der Waals surface area contributed by atoms with Crippen molar-refractivity contribution in [1.29, 1.82) is 0 Å². The van der Waals surface area contributed by atoms with Gasteiger partial charge in [0, 0.05) is 31.4 Å². The molecule has 1 aromatic rings. The van der Waals surface area contributed by atoms with Crippen LogP contribution in [0.5, 0.6) is 11.5 Å². The van der Waals surface area contributed by atoms with E-state index in [9.17, 15) is 29.7 Å². The number of methoxy groups -OCH3 is 1. The number of rotatable bonds is 5. The summed E-state index contributed by atoms with van der Waals surface area (Å²) in [5.41, 5.74) is 1.19. The van der Waals surface area contributed by atoms with Crippen LogP contribution in [0, 0.1) is 11.8 Å². The van der Waals surface area contributed by atoms with Gasteiger partial charge in [0.15, 0.2) is 0 Å². The van der Waals surface area contributed by atoms with Gasteiger partial charge >= 0.3 is 5.97 Å². The van der Waals surface area contributed by atoms with Crippen LogP contribution in [0.15, 0.2) is 60.2 Å². The first kappa shape index (κ1) is 36.6. The summed E-state index contributed by atoms with van der Waals surface area (Å²) in [6, 6.07) is 1.89. The maximum absolute atomic E-state index is 13.1. The van der Waals surface area contributed by atoms with Gasteiger partial charge in [0.2, 0.25) is 11.8 Å². The highest BCUT2D eigenvalue weighted by Gasteiger charge is 2.31. The normalized spacial score (nSPS) is 24.6. The Bertz CT molecular complexity index is 1310. The molecule has 2 aliphatic rings. The molecular weight excluding hydrogens is 588 g/mol. The molecule has 0 spiro atoms. The molecule has 3 rings (SSSR count). The first-order valence-corrected chi connectivity index (χ1v) is 16.2. The molecule has 1 heterocycles. The summed E-state index contributed by atoms with van der Waals surface area (Å²) in [7, 11) is 1.49. The highest BCUT2D eigenvalue weighted by Crippen LogP contribution is 2.34. The van der Waals surface area contributed by atoms with Crippen molar-refractivity contribution in [2.75, 3.05) is 12.4 Å². The number of aryl methyl sites for hydroxylation is 1. The number of aliphatic hydroxyl groups is 1. The molecule has 1 aliphatic carbocycles. The van der Waals surface area contributed by atoms with Crippen LogP contribution in [0.1, 0.15) is 77.7 Å². The zero-order valence-corrected chi connectivity index (χ0v) is 27.4. The van der Waals surface area contributed by atoms with E-state index in [0.717, 1.165) is 32.1 Å². The average Bonchev–Trinajstić information content (AvgIpc) is 3.04. The van der Waals surface area contributed by atoms with Crippen molar-refractivity contribution in [1.82, 2.24) is 5.32 Å². The lowest BCUT2D eigenvalue weighted by molar-refractivity contribution is -0.156. The van der Waals surface area contributed by atoms with Gasteiger partial charge in [-0.25, -0.2) is 4.79 Å². The number of fused-ring (bicyclic) bond motifs is 2. The van der Waals surface area contributed by atoms with Crippen LogP contribution in [0.3, 0.4) is 0 Å². The van der Waals surface area contributed by atoms with Gasteiger partial charge < -0.3 is 35.4 Å². The first-order chi connectivity index (χ1) is 22.0. The zero-order valence-electron chi connectivity index (χ0n) is 27.4. The van der Waals surface area contributed by atoms with Crippen molar-refractivity contribution in [3.05, 3.63) is 65.8 Å². The molecule has 46 heavy (non-hydrogen) atoms. The molecule has 1 aromatic carbocycles. The molecule has 10 heteroatoms. The predicted octanol–water partition coefficient (Wildman–Crippen LogP) is 5.39. The van der Waals surface area contributed by atoms with Gasteiger partial charge in [0.05, 0.1) is 24.3 Å². The number of phenolic OH excluding ortho intramolecular Hbond substituents is 2. The molecular formula is C36H50N2O8. The Balaban J connectivity index is 1.82. The topological polar surface area (TPSA) is 154 Å². The Hall–Kier alpha value is -3.89. The number of amides is 2. The van der Waals surface area contributed by atoms with E-state index in [1.54, 1.807) is 44.2 Å². The van der Waals surface area contributed by atoms with Crippen molar-refractivity contribution in [2.24, 2.45) is 11.8 Å². The van der Waals surface area contributed by atoms with Gasteiger partial charge in [-0.05, 0) is 56.7 Å². The van der Waals surface area contributed by atoms with Crippen LogP contribution in [0.4, 0.5) is 5.69 Å². The third-order valence-corrected chi connectivity index (χ3v) is 8.69. The maximum atomic E-state index is 13.1. The van der Waals surface area contributed by atoms with Crippen molar-refractivity contribution < 1.29 is 39.2 Å². The maximum Gasteiger partial charge on any atom is 0.328 e. The second-order valence-corrected chi connectivity index (χ2v) is 12.3. The highest BCUT2D eigenvalue weighted by molar-refractivity contribution is 5.93. The van der Waals surface area contributed by atoms with E-state index in [1.165, 1.54) is 19.2 Å². The predicted molar refractivity (Wildman–Crippen MR) is 177 cm³/mol. The van der Waals surface area contributed by atoms with E-state index in [0.29, 0.717) is 30.4 Å². The standard InChI is InChI=1S/C36H50N2O8/c1-23-14-13-17-27-20-28(39)21-30(34(27)42)38-32(40)22-29(45-4)18-11-6-5-7-12-19-31(24(2)33(23)41)46-36(44)25(3)37-35(43)26-15-9-8-10-16-26/h5-7,11-12,14,18,20-21,24-26,29,31,33,39,41-42H,8-10,13,15-17,19,22H2,1-4H3,(H,37,43)(H,38,40)/t24-,25-,29+,31+,33+/m1/s1. The molecule has 2 amide bonds. The second-order valence-electron chi connectivity index (χ2n) is 12.3. The van der Waals surface area contributed by atoms with Crippen LogP contribution in [-0.2, 0) is 30.3 Å². The summed E-state index contributed by atoms with van der Waals surface area (Å²) in [5, 5.41) is 37.8. The molecule has 0 aromatic heterocycles. The Morgan fingerprint density at radius 1 is 1.07 bits per heavy atom. The first-order valence-electron chi connectivity index (χ1n) is 16.2. The minimum absolute atomic E-state index is 0.00853. The van der Waals surface area contributed by atoms with Gasteiger partial charge in [-0.2, -0.15) is 0 Å². The lowest BCUT2D eigenvalue weighted by Crippen LogP contribution is -2.45. The quantitative estimate of drug-likeness (QED) is 0.125. The summed E-state index contributed by atoms with van der Waals surface area (Å²) in [6.07, 6.45) is 16.2. The van der Waals surface area contributed by atoms with E-state index < -0.39 is 42.1 Å². The van der Waals surface area contributed by atoms with Crippen LogP contribution >= 0.6 is 0 Å². The molecule has 1 saturated carbocycles. The minimum Gasteiger partial charge on any atom is -0.508 e. The molecule has 0 radical (unpaired) electrons. The Kier molecular flexibility index (Phi) is 14.6. The largest absolute Gasteiger partial charge is 0.508 e. The fourth-order valence-corrected chi connectivity index (χ4v) is 5.76. The molecule has 5 atom stereocenters. The van der Waals surface area contributed by atoms with Crippen LogP contribution < -0.4 is 10.6 Å². The smallest absolute Gasteiger partial charge is 0.328 e. The molecule has 0 saturated heterocycles. The van der Waals surface area contributed by atoms with Crippen molar-refractivity contribution in [2.45, 2.75) is 103 Å². The fraction of sp³-hybridized carbons (Fsp3) is 0.528. The van der Waals surface area contributed by atoms with Crippen molar-refractivity contribution in [3.63, 3.8) is 0 Å². The van der Waals surface area contributed by atoms with Crippen LogP contribution in [0.2, 0.25) is 0 Å². The molecule has 1 fully saturated rings. The SMILES string of the molecule is CO[C@H]1C=CC=CC=CC[C@H](OC(=O)[C@@H](C)NC(=O)C2CCCCC2)[C@@H](C)[C@@H](O)C(C)=CCCc2cc(O)cc(c2O)NC(=O)C1. The van der Waals surface area contributed by atoms with Gasteiger partial charge in [-0.1, -0.05) is 68.7 Å². The number of ether oxygens (including phenoxy) is 2. The number of aliphatic hydroxyl groups excluding tert-OH is 1. The fourth-order valence-electron chi connectivity index (χ4n) is 5.76. The Morgan fingerprint density at radius 3 is 2.50 bits per heavy atom. The third-order valence-electron chi connectivity index (χ3n) is 8.69. The molecule has 1 aliphatic heterocycles. The van der Waals surface area contributed by atoms with Gasteiger partial charge in [0.25, 0.3) is 0 Å².